The molecule has 6 rings (SSSR count). The highest BCUT2D eigenvalue weighted by Crippen LogP contribution is 2.40. The maximum atomic E-state index is 13.6. The number of anilines is 1. The van der Waals surface area contributed by atoms with Gasteiger partial charge in [0.25, 0.3) is 5.91 Å². The highest BCUT2D eigenvalue weighted by Gasteiger charge is 2.31. The molecule has 0 bridgehead atoms. The standard InChI is InChI=1S/C35H39N9O3/c1-7-32(45)44-13-12-43(18-22(44)4)19-31(29-11-10-26(17-37-29)25-8-9-25)47-30-14-20(2)27(15-28(30)34-39-24(6)41-42-34)35(46)40-33-21(3)16-36-23(5)38-33/h7,10-11,14-17,25,31H,1,8-9,12-13,18-19H2,2-6H3,(H-,36,38,39,40,41,42,46)/p+1/t31-/m1/s1. The van der Waals surface area contributed by atoms with Gasteiger partial charge in [-0.3, -0.25) is 19.8 Å². The molecular weight excluding hydrogens is 594 g/mol. The molecule has 12 nitrogen and oxygen atoms in total. The number of aromatic amines is 1. The number of aromatic nitrogens is 6. The van der Waals surface area contributed by atoms with E-state index in [1.807, 2.05) is 46.0 Å². The molecule has 1 aromatic carbocycles. The molecule has 12 heteroatoms. The molecule has 4 aromatic rings. The maximum absolute atomic E-state index is 13.6. The van der Waals surface area contributed by atoms with E-state index in [-0.39, 0.29) is 11.8 Å². The zero-order valence-electron chi connectivity index (χ0n) is 27.5. The summed E-state index contributed by atoms with van der Waals surface area (Å²) in [5, 5.41) is 10.3. The molecule has 0 saturated heterocycles. The Morgan fingerprint density at radius 3 is 2.57 bits per heavy atom. The number of carbonyl (C=O) groups is 2. The molecule has 1 atom stereocenters. The van der Waals surface area contributed by atoms with E-state index < -0.39 is 6.10 Å². The Morgan fingerprint density at radius 1 is 1.11 bits per heavy atom. The number of hydrogen-bond donors (Lipinski definition) is 2. The number of carbonyl (C=O) groups excluding carboxylic acids is 2. The van der Waals surface area contributed by atoms with Gasteiger partial charge in [0.05, 0.1) is 24.3 Å². The summed E-state index contributed by atoms with van der Waals surface area (Å²) in [6.45, 7) is 15.3. The Morgan fingerprint density at radius 2 is 1.91 bits per heavy atom. The molecule has 1 fully saturated rings. The Hall–Kier alpha value is -5.10. The van der Waals surface area contributed by atoms with Gasteiger partial charge in [0, 0.05) is 43.1 Å². The predicted molar refractivity (Wildman–Crippen MR) is 178 cm³/mol. The number of benzene rings is 1. The molecule has 0 unspecified atom stereocenters. The van der Waals surface area contributed by atoms with Gasteiger partial charge < -0.3 is 10.1 Å². The minimum Gasteiger partial charge on any atom is -0.482 e. The number of nitrogens with zero attached hydrogens (tertiary/aromatic N) is 7. The molecule has 0 spiro atoms. The van der Waals surface area contributed by atoms with Crippen LogP contribution in [0.25, 0.3) is 11.4 Å². The first-order valence-electron chi connectivity index (χ1n) is 15.9. The van der Waals surface area contributed by atoms with Crippen molar-refractivity contribution < 1.29 is 18.9 Å². The summed E-state index contributed by atoms with van der Waals surface area (Å²) in [5.74, 6) is 2.79. The Bertz CT molecular complexity index is 1880. The van der Waals surface area contributed by atoms with Crippen LogP contribution in [0.3, 0.4) is 0 Å². The second-order valence-corrected chi connectivity index (χ2v) is 12.4. The van der Waals surface area contributed by atoms with Crippen molar-refractivity contribution in [2.24, 2.45) is 0 Å². The van der Waals surface area contributed by atoms with Crippen molar-refractivity contribution >= 4 is 23.3 Å². The van der Waals surface area contributed by atoms with Crippen molar-refractivity contribution in [2.75, 3.05) is 31.5 Å². The van der Waals surface area contributed by atoms with E-state index in [1.54, 1.807) is 23.8 Å². The third kappa shape index (κ3) is 7.17. The Kier molecular flexibility index (Phi) is 9.04. The van der Waals surface area contributed by atoms with Gasteiger partial charge >= 0.3 is 5.91 Å². The lowest BCUT2D eigenvalue weighted by Gasteiger charge is -2.29. The number of aryl methyl sites for hydroxylation is 4. The summed E-state index contributed by atoms with van der Waals surface area (Å²) in [5.41, 5.74) is 5.49. The quantitative estimate of drug-likeness (QED) is 0.188. The topological polar surface area (TPSA) is 142 Å². The lowest BCUT2D eigenvalue weighted by molar-refractivity contribution is -0.451. The second kappa shape index (κ2) is 13.3. The number of nitrogens with one attached hydrogen (secondary N) is 2. The first kappa shape index (κ1) is 31.9. The fourth-order valence-corrected chi connectivity index (χ4v) is 5.82. The van der Waals surface area contributed by atoms with Gasteiger partial charge in [-0.2, -0.15) is 9.67 Å². The highest BCUT2D eigenvalue weighted by atomic mass is 16.5. The molecule has 1 saturated carbocycles. The normalized spacial score (nSPS) is 15.8. The average molecular weight is 635 g/mol. The van der Waals surface area contributed by atoms with Crippen molar-refractivity contribution in [1.82, 2.24) is 35.0 Å². The van der Waals surface area contributed by atoms with Crippen LogP contribution < -0.4 is 10.1 Å². The van der Waals surface area contributed by atoms with E-state index >= 15 is 0 Å². The fraction of sp³-hybridized carbons (Fsp3) is 0.371. The summed E-state index contributed by atoms with van der Waals surface area (Å²) < 4.78 is 8.62. The van der Waals surface area contributed by atoms with Crippen molar-refractivity contribution in [3.63, 3.8) is 0 Å². The maximum Gasteiger partial charge on any atom is 0.411 e. The van der Waals surface area contributed by atoms with Gasteiger partial charge in [0.15, 0.2) is 24.2 Å². The van der Waals surface area contributed by atoms with E-state index in [2.05, 4.69) is 48.0 Å². The monoisotopic (exact) mass is 634 g/mol. The summed E-state index contributed by atoms with van der Waals surface area (Å²) in [6.07, 6.45) is 6.92. The van der Waals surface area contributed by atoms with Crippen molar-refractivity contribution in [1.29, 1.82) is 0 Å². The molecule has 3 aromatic heterocycles. The SMILES string of the molecule is C=CC(=O)[N+]1=C(C)CN(C[C@@H](Oc2cc(C)c(C(=O)Nc3nc(C)ncc3C)cc2-c2n[nH]c(C)n2)c2ccc(C3CC3)cn2)CC1. The molecule has 2 N–H and O–H groups in total. The smallest absolute Gasteiger partial charge is 0.411 e. The van der Waals surface area contributed by atoms with Gasteiger partial charge in [-0.25, -0.2) is 19.7 Å². The summed E-state index contributed by atoms with van der Waals surface area (Å²) >= 11 is 0. The molecule has 2 aliphatic rings. The van der Waals surface area contributed by atoms with Crippen LogP contribution in [0.5, 0.6) is 5.75 Å². The molecule has 1 aliphatic carbocycles. The van der Waals surface area contributed by atoms with Gasteiger partial charge in [-0.1, -0.05) is 12.6 Å². The molecule has 242 valence electrons. The molecule has 1 aliphatic heterocycles. The van der Waals surface area contributed by atoms with E-state index in [0.717, 1.165) is 17.0 Å². The minimum absolute atomic E-state index is 0.0941. The molecular formula is C35H40N9O3+. The lowest BCUT2D eigenvalue weighted by Crippen LogP contribution is -2.47. The van der Waals surface area contributed by atoms with E-state index in [0.29, 0.717) is 77.8 Å². The average Bonchev–Trinajstić information content (AvgIpc) is 3.82. The molecule has 2 amide bonds. The van der Waals surface area contributed by atoms with Crippen molar-refractivity contribution in [3.8, 4) is 17.1 Å². The highest BCUT2D eigenvalue weighted by molar-refractivity contribution is 6.06. The number of pyridine rings is 1. The van der Waals surface area contributed by atoms with Crippen LogP contribution in [-0.4, -0.2) is 83.3 Å². The van der Waals surface area contributed by atoms with E-state index in [4.69, 9.17) is 9.72 Å². The van der Waals surface area contributed by atoms with E-state index in [1.165, 1.54) is 24.5 Å². The van der Waals surface area contributed by atoms with Gasteiger partial charge in [0.2, 0.25) is 0 Å². The number of hydrogen-bond acceptors (Lipinski definition) is 9. The van der Waals surface area contributed by atoms with Crippen LogP contribution in [-0.2, 0) is 4.79 Å². The minimum atomic E-state index is -0.456. The van der Waals surface area contributed by atoms with Crippen LogP contribution in [0.15, 0.2) is 49.3 Å². The molecule has 4 heterocycles. The first-order chi connectivity index (χ1) is 22.6. The van der Waals surface area contributed by atoms with Crippen LogP contribution in [0, 0.1) is 27.7 Å². The van der Waals surface area contributed by atoms with Crippen LogP contribution in [0.4, 0.5) is 5.82 Å². The number of rotatable bonds is 10. The summed E-state index contributed by atoms with van der Waals surface area (Å²) in [7, 11) is 0. The second-order valence-electron chi connectivity index (χ2n) is 12.4. The zero-order valence-corrected chi connectivity index (χ0v) is 27.5. The number of H-pyrrole nitrogens is 1. The largest absolute Gasteiger partial charge is 0.482 e. The van der Waals surface area contributed by atoms with Gasteiger partial charge in [0.1, 0.15) is 23.2 Å². The zero-order chi connectivity index (χ0) is 33.2. The van der Waals surface area contributed by atoms with Crippen molar-refractivity contribution in [3.05, 3.63) is 88.9 Å². The number of amides is 2. The number of ether oxygens (including phenoxy) is 1. The van der Waals surface area contributed by atoms with Crippen molar-refractivity contribution in [2.45, 2.75) is 59.5 Å². The van der Waals surface area contributed by atoms with Gasteiger partial charge in [-0.05, 0) is 75.8 Å². The predicted octanol–water partition coefficient (Wildman–Crippen LogP) is 4.64. The Balaban J connectivity index is 1.35. The van der Waals surface area contributed by atoms with Crippen LogP contribution in [0.1, 0.15) is 76.2 Å². The van der Waals surface area contributed by atoms with Crippen LogP contribution in [0.2, 0.25) is 0 Å². The van der Waals surface area contributed by atoms with E-state index in [9.17, 15) is 9.59 Å². The molecule has 0 radical (unpaired) electrons. The summed E-state index contributed by atoms with van der Waals surface area (Å²) in [6, 6.07) is 7.81. The third-order valence-electron chi connectivity index (χ3n) is 8.61. The Labute approximate surface area is 274 Å². The fourth-order valence-electron chi connectivity index (χ4n) is 5.82. The van der Waals surface area contributed by atoms with Gasteiger partial charge in [-0.15, -0.1) is 0 Å². The lowest BCUT2D eigenvalue weighted by atomic mass is 10.0. The molecule has 47 heavy (non-hydrogen) atoms. The van der Waals surface area contributed by atoms with Crippen LogP contribution >= 0.6 is 0 Å². The first-order valence-corrected chi connectivity index (χ1v) is 15.9. The third-order valence-corrected chi connectivity index (χ3v) is 8.61. The summed E-state index contributed by atoms with van der Waals surface area (Å²) in [4.78, 5) is 46.3.